The van der Waals surface area contributed by atoms with E-state index in [1.165, 1.54) is 28.3 Å². The van der Waals surface area contributed by atoms with Crippen LogP contribution in [-0.4, -0.2) is 5.11 Å². The SMILES string of the molecule is Cc1cc2c(c3ccccc13)CCC(C)CC2O. The first-order chi connectivity index (χ1) is 8.66. The monoisotopic (exact) mass is 240 g/mol. The number of aryl methyl sites for hydroxylation is 2. The molecule has 2 aromatic carbocycles. The molecule has 0 saturated heterocycles. The van der Waals surface area contributed by atoms with Crippen molar-refractivity contribution in [3.05, 3.63) is 47.0 Å². The summed E-state index contributed by atoms with van der Waals surface area (Å²) < 4.78 is 0. The summed E-state index contributed by atoms with van der Waals surface area (Å²) in [6.45, 7) is 4.38. The van der Waals surface area contributed by atoms with Crippen molar-refractivity contribution in [2.75, 3.05) is 0 Å². The molecule has 0 aromatic heterocycles. The van der Waals surface area contributed by atoms with Gasteiger partial charge < -0.3 is 5.11 Å². The van der Waals surface area contributed by atoms with Gasteiger partial charge in [-0.05, 0) is 59.6 Å². The maximum atomic E-state index is 10.4. The minimum absolute atomic E-state index is 0.291. The average molecular weight is 240 g/mol. The lowest BCUT2D eigenvalue weighted by Crippen LogP contribution is -2.02. The summed E-state index contributed by atoms with van der Waals surface area (Å²) in [4.78, 5) is 0. The smallest absolute Gasteiger partial charge is 0.0795 e. The Balaban J connectivity index is 2.28. The molecular formula is C17H20O. The number of hydrogen-bond acceptors (Lipinski definition) is 1. The van der Waals surface area contributed by atoms with Gasteiger partial charge in [0.2, 0.25) is 0 Å². The van der Waals surface area contributed by atoms with Crippen LogP contribution in [0.1, 0.15) is 42.6 Å². The Morgan fingerprint density at radius 1 is 1.17 bits per heavy atom. The molecule has 1 heteroatoms. The number of aliphatic hydroxyl groups excluding tert-OH is 1. The maximum absolute atomic E-state index is 10.4. The molecule has 2 unspecified atom stereocenters. The van der Waals surface area contributed by atoms with Crippen LogP contribution in [0, 0.1) is 12.8 Å². The zero-order valence-electron chi connectivity index (χ0n) is 11.1. The van der Waals surface area contributed by atoms with Gasteiger partial charge in [-0.2, -0.15) is 0 Å². The van der Waals surface area contributed by atoms with Gasteiger partial charge in [0.15, 0.2) is 0 Å². The Labute approximate surface area is 108 Å². The van der Waals surface area contributed by atoms with Gasteiger partial charge in [-0.3, -0.25) is 0 Å². The molecule has 3 rings (SSSR count). The normalized spacial score (nSPS) is 23.7. The molecule has 0 bridgehead atoms. The molecule has 1 N–H and O–H groups in total. The molecule has 0 radical (unpaired) electrons. The third kappa shape index (κ3) is 1.83. The number of hydrogen-bond donors (Lipinski definition) is 1. The predicted octanol–water partition coefficient (Wildman–Crippen LogP) is 4.15. The number of aliphatic hydroxyl groups is 1. The fourth-order valence-electron chi connectivity index (χ4n) is 3.24. The lowest BCUT2D eigenvalue weighted by atomic mass is 9.91. The van der Waals surface area contributed by atoms with Crippen LogP contribution in [0.2, 0.25) is 0 Å². The third-order valence-corrected chi connectivity index (χ3v) is 4.27. The molecule has 0 fully saturated rings. The Kier molecular flexibility index (Phi) is 2.87. The van der Waals surface area contributed by atoms with Crippen LogP contribution < -0.4 is 0 Å². The first kappa shape index (κ1) is 11.7. The second-order valence-electron chi connectivity index (χ2n) is 5.70. The molecule has 94 valence electrons. The highest BCUT2D eigenvalue weighted by Gasteiger charge is 2.22. The van der Waals surface area contributed by atoms with E-state index in [2.05, 4.69) is 44.2 Å². The van der Waals surface area contributed by atoms with Gasteiger partial charge in [-0.25, -0.2) is 0 Å². The van der Waals surface area contributed by atoms with Gasteiger partial charge in [0, 0.05) is 0 Å². The van der Waals surface area contributed by atoms with Gasteiger partial charge in [-0.1, -0.05) is 37.3 Å². The molecule has 0 heterocycles. The summed E-state index contributed by atoms with van der Waals surface area (Å²) in [5.74, 6) is 0.603. The van der Waals surface area contributed by atoms with Crippen LogP contribution in [0.3, 0.4) is 0 Å². The Hall–Kier alpha value is -1.34. The summed E-state index contributed by atoms with van der Waals surface area (Å²) in [6.07, 6.45) is 2.87. The van der Waals surface area contributed by atoms with Crippen molar-refractivity contribution in [3.63, 3.8) is 0 Å². The van der Waals surface area contributed by atoms with Gasteiger partial charge in [0.05, 0.1) is 6.10 Å². The molecule has 0 amide bonds. The fraction of sp³-hybridized carbons (Fsp3) is 0.412. The fourth-order valence-corrected chi connectivity index (χ4v) is 3.24. The highest BCUT2D eigenvalue weighted by atomic mass is 16.3. The third-order valence-electron chi connectivity index (χ3n) is 4.27. The summed E-state index contributed by atoms with van der Waals surface area (Å²) in [6, 6.07) is 10.8. The molecule has 0 aliphatic heterocycles. The van der Waals surface area contributed by atoms with E-state index in [1.54, 1.807) is 0 Å². The van der Waals surface area contributed by atoms with Crippen LogP contribution in [0.25, 0.3) is 10.8 Å². The average Bonchev–Trinajstić information content (AvgIpc) is 2.50. The second-order valence-corrected chi connectivity index (χ2v) is 5.70. The van der Waals surface area contributed by atoms with Crippen molar-refractivity contribution in [2.24, 2.45) is 5.92 Å². The molecule has 1 aliphatic carbocycles. The van der Waals surface area contributed by atoms with E-state index in [0.29, 0.717) is 5.92 Å². The minimum atomic E-state index is -0.291. The molecule has 0 saturated carbocycles. The van der Waals surface area contributed by atoms with E-state index in [4.69, 9.17) is 0 Å². The van der Waals surface area contributed by atoms with E-state index in [0.717, 1.165) is 18.4 Å². The van der Waals surface area contributed by atoms with Crippen LogP contribution in [0.15, 0.2) is 30.3 Å². The van der Waals surface area contributed by atoms with E-state index in [-0.39, 0.29) is 6.10 Å². The Bertz CT molecular complexity index is 585. The van der Waals surface area contributed by atoms with Crippen molar-refractivity contribution < 1.29 is 5.11 Å². The van der Waals surface area contributed by atoms with Crippen molar-refractivity contribution in [1.82, 2.24) is 0 Å². The van der Waals surface area contributed by atoms with Crippen LogP contribution >= 0.6 is 0 Å². The minimum Gasteiger partial charge on any atom is -0.388 e. The van der Waals surface area contributed by atoms with E-state index in [1.807, 2.05) is 0 Å². The van der Waals surface area contributed by atoms with Crippen molar-refractivity contribution in [3.8, 4) is 0 Å². The second kappa shape index (κ2) is 4.40. The molecule has 1 aliphatic rings. The van der Waals surface area contributed by atoms with Crippen LogP contribution in [-0.2, 0) is 6.42 Å². The van der Waals surface area contributed by atoms with E-state index < -0.39 is 0 Å². The number of benzene rings is 2. The van der Waals surface area contributed by atoms with Crippen molar-refractivity contribution >= 4 is 10.8 Å². The topological polar surface area (TPSA) is 20.2 Å². The molecule has 18 heavy (non-hydrogen) atoms. The molecular weight excluding hydrogens is 220 g/mol. The number of fused-ring (bicyclic) bond motifs is 3. The van der Waals surface area contributed by atoms with Gasteiger partial charge in [0.1, 0.15) is 0 Å². The van der Waals surface area contributed by atoms with Gasteiger partial charge >= 0.3 is 0 Å². The summed E-state index contributed by atoms with van der Waals surface area (Å²) in [7, 11) is 0. The Morgan fingerprint density at radius 3 is 2.67 bits per heavy atom. The largest absolute Gasteiger partial charge is 0.388 e. The van der Waals surface area contributed by atoms with Crippen LogP contribution in [0.4, 0.5) is 0 Å². The molecule has 0 spiro atoms. The quantitative estimate of drug-likeness (QED) is 0.686. The first-order valence-corrected chi connectivity index (χ1v) is 6.86. The summed E-state index contributed by atoms with van der Waals surface area (Å²) >= 11 is 0. The van der Waals surface area contributed by atoms with E-state index >= 15 is 0 Å². The molecule has 1 nitrogen and oxygen atoms in total. The number of rotatable bonds is 0. The lowest BCUT2D eigenvalue weighted by molar-refractivity contribution is 0.150. The van der Waals surface area contributed by atoms with Crippen molar-refractivity contribution in [1.29, 1.82) is 0 Å². The highest BCUT2D eigenvalue weighted by Crippen LogP contribution is 2.36. The standard InChI is InChI=1S/C17H20O/c1-11-7-8-15-14-6-4-3-5-13(14)12(2)10-16(15)17(18)9-11/h3-6,10-11,17-18H,7-9H2,1-2H3. The van der Waals surface area contributed by atoms with Gasteiger partial charge in [-0.15, -0.1) is 0 Å². The van der Waals surface area contributed by atoms with E-state index in [9.17, 15) is 5.11 Å². The highest BCUT2D eigenvalue weighted by molar-refractivity contribution is 5.89. The zero-order chi connectivity index (χ0) is 12.7. The summed E-state index contributed by atoms with van der Waals surface area (Å²) in [5, 5.41) is 13.1. The molecule has 2 aromatic rings. The molecule has 2 atom stereocenters. The Morgan fingerprint density at radius 2 is 1.89 bits per heavy atom. The lowest BCUT2D eigenvalue weighted by Gasteiger charge is -2.16. The van der Waals surface area contributed by atoms with Gasteiger partial charge in [0.25, 0.3) is 0 Å². The van der Waals surface area contributed by atoms with Crippen LogP contribution in [0.5, 0.6) is 0 Å². The first-order valence-electron chi connectivity index (χ1n) is 6.86. The van der Waals surface area contributed by atoms with Crippen molar-refractivity contribution in [2.45, 2.75) is 39.2 Å². The predicted molar refractivity (Wildman–Crippen MR) is 75.7 cm³/mol. The summed E-state index contributed by atoms with van der Waals surface area (Å²) in [5.41, 5.74) is 3.81. The maximum Gasteiger partial charge on any atom is 0.0795 e. The zero-order valence-corrected chi connectivity index (χ0v) is 11.1.